The van der Waals surface area contributed by atoms with E-state index in [1.807, 2.05) is 115 Å². The predicted molar refractivity (Wildman–Crippen MR) is 210 cm³/mol. The average molecular weight is 790 g/mol. The molecule has 4 aromatic carbocycles. The van der Waals surface area contributed by atoms with Crippen molar-refractivity contribution in [3.63, 3.8) is 0 Å². The molecule has 3 saturated heterocycles. The number of esters is 1. The van der Waals surface area contributed by atoms with Gasteiger partial charge in [0, 0.05) is 37.6 Å². The van der Waals surface area contributed by atoms with E-state index in [9.17, 15) is 14.7 Å². The number of nitrogens with one attached hydrogen (secondary N) is 1. The highest BCUT2D eigenvalue weighted by molar-refractivity contribution is 5.96. The Labute approximate surface area is 336 Å². The maximum Gasteiger partial charge on any atom is 0.327 e. The maximum absolute atomic E-state index is 15.6. The molecule has 1 saturated carbocycles. The normalized spacial score (nSPS) is 26.1. The van der Waals surface area contributed by atoms with E-state index in [-0.39, 0.29) is 45.8 Å². The summed E-state index contributed by atoms with van der Waals surface area (Å²) in [5, 5.41) is 22.9. The molecule has 2 amide bonds. The van der Waals surface area contributed by atoms with Crippen molar-refractivity contribution in [2.75, 3.05) is 33.4 Å². The summed E-state index contributed by atoms with van der Waals surface area (Å²) >= 11 is 0. The highest BCUT2D eigenvalue weighted by Crippen LogP contribution is 2.59. The summed E-state index contributed by atoms with van der Waals surface area (Å²) in [5.74, 6) is -2.98. The lowest BCUT2D eigenvalue weighted by Crippen LogP contribution is -2.70. The molecule has 302 valence electrons. The van der Waals surface area contributed by atoms with Crippen LogP contribution >= 0.6 is 0 Å². The monoisotopic (exact) mass is 789 g/mol. The number of likely N-dealkylation sites (N-methyl/N-ethyl adjacent to an activating group) is 1. The molecule has 7 atom stereocenters. The summed E-state index contributed by atoms with van der Waals surface area (Å²) in [4.78, 5) is 52.3. The van der Waals surface area contributed by atoms with Crippen LogP contribution in [0, 0.1) is 5.41 Å². The van der Waals surface area contributed by atoms with Crippen LogP contribution in [0.1, 0.15) is 34.2 Å². The van der Waals surface area contributed by atoms with Crippen LogP contribution in [-0.2, 0) is 56.9 Å². The summed E-state index contributed by atoms with van der Waals surface area (Å²) in [6.07, 6.45) is -0.133. The molecular weight excluding hydrogens is 743 g/mol. The number of carbonyl (C=O) groups is 3. The van der Waals surface area contributed by atoms with Gasteiger partial charge in [0.1, 0.15) is 42.5 Å². The first-order valence-corrected chi connectivity index (χ1v) is 19.6. The van der Waals surface area contributed by atoms with Crippen molar-refractivity contribution in [3.8, 4) is 0 Å². The molecule has 0 unspecified atom stereocenters. The first-order valence-electron chi connectivity index (χ1n) is 19.6. The Morgan fingerprint density at radius 1 is 0.897 bits per heavy atom. The Balaban J connectivity index is 1.21. The van der Waals surface area contributed by atoms with E-state index >= 15 is 4.79 Å². The van der Waals surface area contributed by atoms with Gasteiger partial charge in [-0.25, -0.2) is 0 Å². The van der Waals surface area contributed by atoms with Crippen molar-refractivity contribution >= 4 is 23.9 Å². The van der Waals surface area contributed by atoms with Crippen molar-refractivity contribution < 1.29 is 48.4 Å². The molecule has 8 rings (SSSR count). The molecule has 3 heterocycles. The predicted octanol–water partition coefficient (Wildman–Crippen LogP) is 3.33. The van der Waals surface area contributed by atoms with Crippen LogP contribution in [0.2, 0.25) is 0 Å². The van der Waals surface area contributed by atoms with E-state index in [1.165, 1.54) is 16.2 Å². The number of nitrogens with zero attached hydrogens (tertiary/aromatic N) is 2. The van der Waals surface area contributed by atoms with Crippen LogP contribution in [0.15, 0.2) is 122 Å². The van der Waals surface area contributed by atoms with Gasteiger partial charge in [0.25, 0.3) is 0 Å². The number of hydrogen-bond donors (Lipinski definition) is 3. The summed E-state index contributed by atoms with van der Waals surface area (Å²) in [6, 6.07) is 33.8. The number of aliphatic hydroxyl groups is 2. The van der Waals surface area contributed by atoms with Gasteiger partial charge in [-0.15, -0.1) is 0 Å². The zero-order valence-electron chi connectivity index (χ0n) is 32.1. The van der Waals surface area contributed by atoms with Crippen molar-refractivity contribution in [2.24, 2.45) is 5.41 Å². The summed E-state index contributed by atoms with van der Waals surface area (Å²) in [5.41, 5.74) is 2.29. The van der Waals surface area contributed by atoms with Crippen molar-refractivity contribution in [2.45, 2.75) is 61.7 Å². The average Bonchev–Trinajstić information content (AvgIpc) is 3.84. The third-order valence-corrected chi connectivity index (χ3v) is 11.5. The molecule has 3 aliphatic heterocycles. The van der Waals surface area contributed by atoms with E-state index in [2.05, 4.69) is 5.32 Å². The van der Waals surface area contributed by atoms with Crippen LogP contribution in [0.5, 0.6) is 0 Å². The number of fused-ring (bicyclic) bond motifs is 4. The quantitative estimate of drug-likeness (QED) is 0.0923. The fourth-order valence-electron chi connectivity index (χ4n) is 8.90. The summed E-state index contributed by atoms with van der Waals surface area (Å²) < 4.78 is 25.7. The first-order chi connectivity index (χ1) is 28.3. The minimum atomic E-state index is -1.56. The van der Waals surface area contributed by atoms with Gasteiger partial charge in [0.05, 0.1) is 26.0 Å². The smallest absolute Gasteiger partial charge is 0.327 e. The molecule has 1 aliphatic carbocycles. The lowest BCUT2D eigenvalue weighted by molar-refractivity contribution is -0.214. The molecule has 0 radical (unpaired) electrons. The van der Waals surface area contributed by atoms with Crippen molar-refractivity contribution in [1.82, 2.24) is 15.3 Å². The number of hydroxylamine groups is 2. The van der Waals surface area contributed by atoms with Gasteiger partial charge in [-0.3, -0.25) is 19.2 Å². The molecular formula is C45H47N3O10. The van der Waals surface area contributed by atoms with E-state index in [4.69, 9.17) is 28.9 Å². The van der Waals surface area contributed by atoms with E-state index < -0.39 is 65.5 Å². The van der Waals surface area contributed by atoms with E-state index in [0.29, 0.717) is 0 Å². The number of amides is 2. The molecule has 4 fully saturated rings. The third kappa shape index (κ3) is 7.18. The van der Waals surface area contributed by atoms with Crippen LogP contribution in [0.4, 0.5) is 0 Å². The van der Waals surface area contributed by atoms with Gasteiger partial charge in [-0.2, -0.15) is 5.06 Å². The standard InChI is InChI=1S/C45H47N3O10/c1-47(35(41(51)46-21-22-49)27-30-12-5-2-6-13-30)43(53)44-28-36-37-38(57-45(56-37,33-16-7-3-8-17-33)34-18-9-4-10-19-34)40(44)58-48(39(44)42(52)55-36)29-32-15-11-14-31(26-32)20-24-54-25-23-50/h2-20,24,26,35-40,49-50H,21-23,25,27-29H2,1H3,(H,46,51)/t35-,36-,37+,38+,39+,40-,44+/m1/s1. The van der Waals surface area contributed by atoms with Gasteiger partial charge < -0.3 is 39.4 Å². The maximum atomic E-state index is 15.6. The third-order valence-electron chi connectivity index (χ3n) is 11.5. The Hall–Kier alpha value is -5.41. The lowest BCUT2D eigenvalue weighted by Gasteiger charge is -2.50. The number of hydrogen-bond acceptors (Lipinski definition) is 11. The Bertz CT molecular complexity index is 2060. The van der Waals surface area contributed by atoms with Crippen LogP contribution in [0.3, 0.4) is 0 Å². The molecule has 0 spiro atoms. The van der Waals surface area contributed by atoms with Gasteiger partial charge in [-0.1, -0.05) is 115 Å². The zero-order chi connectivity index (χ0) is 40.3. The Morgan fingerprint density at radius 3 is 2.22 bits per heavy atom. The Morgan fingerprint density at radius 2 is 1.55 bits per heavy atom. The first kappa shape index (κ1) is 39.4. The zero-order valence-corrected chi connectivity index (χ0v) is 32.1. The van der Waals surface area contributed by atoms with Crippen molar-refractivity contribution in [3.05, 3.63) is 149 Å². The van der Waals surface area contributed by atoms with Gasteiger partial charge >= 0.3 is 5.97 Å². The largest absolute Gasteiger partial charge is 0.499 e. The van der Waals surface area contributed by atoms with Crippen LogP contribution in [0.25, 0.3) is 6.08 Å². The number of aliphatic hydroxyl groups excluding tert-OH is 2. The molecule has 2 bridgehead atoms. The number of carbonyl (C=O) groups excluding carboxylic acids is 3. The SMILES string of the molecule is CN(C(=O)[C@@]12C[C@H]3OC(=O)[C@@H]1N(Cc1cccc(C=COCCO)c1)O[C@@H]2[C@H]1OC(c2ccccc2)(c2ccccc2)O[C@H]13)[C@H](Cc1ccccc1)C(=O)NCCO. The topological polar surface area (TPSA) is 156 Å². The van der Waals surface area contributed by atoms with Crippen molar-refractivity contribution in [1.29, 1.82) is 0 Å². The van der Waals surface area contributed by atoms with Gasteiger partial charge in [-0.05, 0) is 22.8 Å². The fraction of sp³-hybridized carbons (Fsp3) is 0.356. The molecule has 0 aromatic heterocycles. The van der Waals surface area contributed by atoms with Crippen LogP contribution in [-0.4, -0.2) is 108 Å². The molecule has 13 heteroatoms. The second-order valence-electron chi connectivity index (χ2n) is 15.0. The minimum absolute atomic E-state index is 0.00559. The molecule has 58 heavy (non-hydrogen) atoms. The Kier molecular flexibility index (Phi) is 11.4. The van der Waals surface area contributed by atoms with E-state index in [0.717, 1.165) is 27.8 Å². The summed E-state index contributed by atoms with van der Waals surface area (Å²) in [6.45, 7) is -0.118. The van der Waals surface area contributed by atoms with E-state index in [1.54, 1.807) is 13.1 Å². The summed E-state index contributed by atoms with van der Waals surface area (Å²) in [7, 11) is 1.58. The highest BCUT2D eigenvalue weighted by atomic mass is 16.8. The number of rotatable bonds is 15. The lowest BCUT2D eigenvalue weighted by atomic mass is 9.62. The number of ether oxygens (including phenoxy) is 4. The number of benzene rings is 4. The fourth-order valence-corrected chi connectivity index (χ4v) is 8.90. The second-order valence-corrected chi connectivity index (χ2v) is 15.0. The second kappa shape index (κ2) is 16.8. The van der Waals surface area contributed by atoms with Gasteiger partial charge in [0.15, 0.2) is 6.04 Å². The molecule has 4 aliphatic rings. The van der Waals surface area contributed by atoms with Gasteiger partial charge in [0.2, 0.25) is 17.6 Å². The molecule has 13 nitrogen and oxygen atoms in total. The van der Waals surface area contributed by atoms with Crippen LogP contribution < -0.4 is 5.32 Å². The highest BCUT2D eigenvalue weighted by Gasteiger charge is 2.77. The minimum Gasteiger partial charge on any atom is -0.499 e. The molecule has 3 N–H and O–H groups in total. The molecule has 4 aromatic rings.